The number of nitrogens with one attached hydrogen (secondary N) is 2. The first-order chi connectivity index (χ1) is 15.6. The lowest BCUT2D eigenvalue weighted by Crippen LogP contribution is -2.27. The summed E-state index contributed by atoms with van der Waals surface area (Å²) in [7, 11) is 1.59. The van der Waals surface area contributed by atoms with Crippen molar-refractivity contribution in [1.29, 1.82) is 0 Å². The van der Waals surface area contributed by atoms with Gasteiger partial charge in [0.25, 0.3) is 5.91 Å². The van der Waals surface area contributed by atoms with Crippen molar-refractivity contribution >= 4 is 28.5 Å². The minimum absolute atomic E-state index is 0.128. The van der Waals surface area contributed by atoms with Crippen molar-refractivity contribution in [1.82, 2.24) is 5.32 Å². The number of carbonyl (C=O) groups is 2. The molecule has 6 nitrogen and oxygen atoms in total. The van der Waals surface area contributed by atoms with E-state index in [4.69, 9.17) is 9.15 Å². The van der Waals surface area contributed by atoms with Crippen molar-refractivity contribution in [3.8, 4) is 5.75 Å². The number of methoxy groups -OCH3 is 1. The third kappa shape index (κ3) is 4.98. The molecule has 0 unspecified atom stereocenters. The van der Waals surface area contributed by atoms with Gasteiger partial charge >= 0.3 is 0 Å². The average molecular weight is 428 g/mol. The van der Waals surface area contributed by atoms with E-state index in [1.165, 1.54) is 0 Å². The summed E-state index contributed by atoms with van der Waals surface area (Å²) in [5, 5.41) is 6.64. The summed E-state index contributed by atoms with van der Waals surface area (Å²) in [5.41, 5.74) is 3.48. The minimum Gasteiger partial charge on any atom is -0.497 e. The Morgan fingerprint density at radius 1 is 0.969 bits per heavy atom. The zero-order chi connectivity index (χ0) is 22.3. The molecule has 0 saturated heterocycles. The van der Waals surface area contributed by atoms with Crippen LogP contribution < -0.4 is 15.4 Å². The highest BCUT2D eigenvalue weighted by Crippen LogP contribution is 2.26. The molecule has 1 heterocycles. The second-order valence-corrected chi connectivity index (χ2v) is 7.39. The van der Waals surface area contributed by atoms with Crippen LogP contribution in [-0.4, -0.2) is 25.5 Å². The van der Waals surface area contributed by atoms with Crippen molar-refractivity contribution in [3.63, 3.8) is 0 Å². The van der Waals surface area contributed by atoms with E-state index < -0.39 is 0 Å². The maximum Gasteiger partial charge on any atom is 0.253 e. The van der Waals surface area contributed by atoms with Crippen LogP contribution in [0.1, 0.15) is 21.5 Å². The molecule has 4 rings (SSSR count). The Labute approximate surface area is 186 Å². The van der Waals surface area contributed by atoms with Gasteiger partial charge in [-0.2, -0.15) is 0 Å². The van der Waals surface area contributed by atoms with Crippen LogP contribution in [0.25, 0.3) is 11.0 Å². The molecule has 1 aromatic heterocycles. The van der Waals surface area contributed by atoms with Gasteiger partial charge in [-0.3, -0.25) is 9.59 Å². The first-order valence-electron chi connectivity index (χ1n) is 10.4. The quantitative estimate of drug-likeness (QED) is 0.430. The predicted molar refractivity (Wildman–Crippen MR) is 124 cm³/mol. The van der Waals surface area contributed by atoms with E-state index in [0.29, 0.717) is 29.1 Å². The lowest BCUT2D eigenvalue weighted by atomic mass is 10.1. The topological polar surface area (TPSA) is 80.6 Å². The number of ether oxygens (including phenoxy) is 1. The molecule has 3 aromatic carbocycles. The van der Waals surface area contributed by atoms with Gasteiger partial charge in [0.15, 0.2) is 0 Å². The Morgan fingerprint density at radius 2 is 1.75 bits per heavy atom. The number of amides is 2. The van der Waals surface area contributed by atoms with Gasteiger partial charge in [0.05, 0.1) is 31.0 Å². The van der Waals surface area contributed by atoms with Crippen molar-refractivity contribution in [2.24, 2.45) is 0 Å². The van der Waals surface area contributed by atoms with E-state index in [9.17, 15) is 9.59 Å². The van der Waals surface area contributed by atoms with Gasteiger partial charge < -0.3 is 19.8 Å². The molecule has 162 valence electrons. The monoisotopic (exact) mass is 428 g/mol. The van der Waals surface area contributed by atoms with Crippen LogP contribution >= 0.6 is 0 Å². The van der Waals surface area contributed by atoms with Gasteiger partial charge in [-0.15, -0.1) is 0 Å². The minimum atomic E-state index is -0.229. The number of hydrogen-bond acceptors (Lipinski definition) is 4. The first kappa shape index (κ1) is 21.2. The highest BCUT2D eigenvalue weighted by Gasteiger charge is 2.15. The van der Waals surface area contributed by atoms with E-state index in [-0.39, 0.29) is 18.2 Å². The van der Waals surface area contributed by atoms with Crippen LogP contribution in [0.15, 0.2) is 83.5 Å². The SMILES string of the molecule is COc1ccc2c(CC(=O)Nc3ccccc3C(=O)NCCc3ccccc3)coc2c1. The molecule has 0 atom stereocenters. The van der Waals surface area contributed by atoms with Crippen molar-refractivity contribution in [2.75, 3.05) is 19.0 Å². The number of fused-ring (bicyclic) bond motifs is 1. The smallest absolute Gasteiger partial charge is 0.253 e. The number of anilines is 1. The second kappa shape index (κ2) is 9.83. The molecule has 0 saturated carbocycles. The summed E-state index contributed by atoms with van der Waals surface area (Å²) >= 11 is 0. The molecule has 2 N–H and O–H groups in total. The van der Waals surface area contributed by atoms with E-state index >= 15 is 0 Å². The maximum absolute atomic E-state index is 12.7. The number of furan rings is 1. The summed E-state index contributed by atoms with van der Waals surface area (Å²) in [6, 6.07) is 22.4. The Hall–Kier alpha value is -4.06. The number of carbonyl (C=O) groups excluding carboxylic acids is 2. The van der Waals surface area contributed by atoms with Crippen LogP contribution in [-0.2, 0) is 17.6 Å². The predicted octanol–water partition coefficient (Wildman–Crippen LogP) is 4.60. The molecule has 2 amide bonds. The lowest BCUT2D eigenvalue weighted by molar-refractivity contribution is -0.115. The van der Waals surface area contributed by atoms with Crippen molar-refractivity contribution < 1.29 is 18.7 Å². The fraction of sp³-hybridized carbons (Fsp3) is 0.154. The Morgan fingerprint density at radius 3 is 2.56 bits per heavy atom. The summed E-state index contributed by atoms with van der Waals surface area (Å²) in [6.45, 7) is 0.510. The van der Waals surface area contributed by atoms with Gasteiger partial charge in [-0.1, -0.05) is 42.5 Å². The van der Waals surface area contributed by atoms with E-state index in [0.717, 1.165) is 22.9 Å². The summed E-state index contributed by atoms with van der Waals surface area (Å²) in [5.74, 6) is 0.237. The van der Waals surface area contributed by atoms with Crippen LogP contribution in [0.2, 0.25) is 0 Å². The largest absolute Gasteiger partial charge is 0.497 e. The fourth-order valence-electron chi connectivity index (χ4n) is 3.55. The molecule has 0 spiro atoms. The second-order valence-electron chi connectivity index (χ2n) is 7.39. The highest BCUT2D eigenvalue weighted by molar-refractivity contribution is 6.04. The molecule has 0 bridgehead atoms. The molecule has 0 radical (unpaired) electrons. The summed E-state index contributed by atoms with van der Waals surface area (Å²) < 4.78 is 10.8. The van der Waals surface area contributed by atoms with Gasteiger partial charge in [-0.25, -0.2) is 0 Å². The highest BCUT2D eigenvalue weighted by atomic mass is 16.5. The molecular formula is C26H24N2O4. The van der Waals surface area contributed by atoms with Crippen LogP contribution in [0, 0.1) is 0 Å². The van der Waals surface area contributed by atoms with Crippen molar-refractivity contribution in [3.05, 3.63) is 95.7 Å². The molecule has 32 heavy (non-hydrogen) atoms. The fourth-order valence-corrected chi connectivity index (χ4v) is 3.55. The number of hydrogen-bond donors (Lipinski definition) is 2. The Balaban J connectivity index is 1.40. The lowest BCUT2D eigenvalue weighted by Gasteiger charge is -2.11. The number of rotatable bonds is 8. The van der Waals surface area contributed by atoms with Gasteiger partial charge in [-0.05, 0) is 36.2 Å². The van der Waals surface area contributed by atoms with Crippen LogP contribution in [0.5, 0.6) is 5.75 Å². The van der Waals surface area contributed by atoms with Crippen molar-refractivity contribution in [2.45, 2.75) is 12.8 Å². The third-order valence-corrected chi connectivity index (χ3v) is 5.20. The zero-order valence-electron chi connectivity index (χ0n) is 17.8. The van der Waals surface area contributed by atoms with Gasteiger partial charge in [0, 0.05) is 23.6 Å². The number of para-hydroxylation sites is 1. The molecule has 0 aliphatic carbocycles. The molecule has 0 aliphatic rings. The van der Waals surface area contributed by atoms with E-state index in [2.05, 4.69) is 10.6 Å². The molecular weight excluding hydrogens is 404 g/mol. The van der Waals surface area contributed by atoms with E-state index in [1.54, 1.807) is 43.7 Å². The van der Waals surface area contributed by atoms with Gasteiger partial charge in [0.2, 0.25) is 5.91 Å². The average Bonchev–Trinajstić information content (AvgIpc) is 3.21. The zero-order valence-corrected chi connectivity index (χ0v) is 17.8. The Kier molecular flexibility index (Phi) is 6.51. The van der Waals surface area contributed by atoms with Crippen LogP contribution in [0.3, 0.4) is 0 Å². The normalized spacial score (nSPS) is 10.7. The molecule has 4 aromatic rings. The first-order valence-corrected chi connectivity index (χ1v) is 10.4. The maximum atomic E-state index is 12.7. The van der Waals surface area contributed by atoms with E-state index in [1.807, 2.05) is 42.5 Å². The number of benzene rings is 3. The van der Waals surface area contributed by atoms with Crippen LogP contribution in [0.4, 0.5) is 5.69 Å². The molecule has 0 aliphatic heterocycles. The standard InChI is InChI=1S/C26H24N2O4/c1-31-20-11-12-21-19(17-32-24(21)16-20)15-25(29)28-23-10-6-5-9-22(23)26(30)27-14-13-18-7-3-2-4-8-18/h2-12,16-17H,13-15H2,1H3,(H,27,30)(H,28,29). The molecule has 0 fully saturated rings. The van der Waals surface area contributed by atoms with Gasteiger partial charge in [0.1, 0.15) is 11.3 Å². The third-order valence-electron chi connectivity index (χ3n) is 5.20. The summed E-state index contributed by atoms with van der Waals surface area (Å²) in [4.78, 5) is 25.4. The molecule has 6 heteroatoms. The summed E-state index contributed by atoms with van der Waals surface area (Å²) in [6.07, 6.45) is 2.44. The Bertz CT molecular complexity index is 1230.